The van der Waals surface area contributed by atoms with E-state index in [1.807, 2.05) is 13.8 Å². The summed E-state index contributed by atoms with van der Waals surface area (Å²) in [6.07, 6.45) is 9.21. The van der Waals surface area contributed by atoms with E-state index in [2.05, 4.69) is 10.5 Å². The number of hydrogen-bond acceptors (Lipinski definition) is 8. The number of carbonyl (C=O) groups excluding carboxylic acids is 1. The average molecular weight is 493 g/mol. The number of hydrogen-bond donors (Lipinski definition) is 1. The first-order chi connectivity index (χ1) is 17.4. The summed E-state index contributed by atoms with van der Waals surface area (Å²) < 4.78 is 11.6. The van der Waals surface area contributed by atoms with Crippen molar-refractivity contribution in [3.05, 3.63) is 68.6 Å². The van der Waals surface area contributed by atoms with Crippen LogP contribution in [0, 0.1) is 10.1 Å². The largest absolute Gasteiger partial charge is 0.459 e. The summed E-state index contributed by atoms with van der Waals surface area (Å²) in [4.78, 5) is 29.5. The fraction of sp³-hybridized carbons (Fsp3) is 0.519. The van der Waals surface area contributed by atoms with E-state index in [9.17, 15) is 14.9 Å². The van der Waals surface area contributed by atoms with Gasteiger partial charge in [-0.15, -0.1) is 0 Å². The van der Waals surface area contributed by atoms with E-state index in [0.29, 0.717) is 34.1 Å². The number of nitrogens with zero attached hydrogens (tertiary/aromatic N) is 3. The SMILES string of the molecule is CC1=C(C(=O)OC2CCCC2)C(c2cccc([N+](=O)[O-])c2)C(c2noc(C3CCCCC3)n2)=C(C)N1. The van der Waals surface area contributed by atoms with Gasteiger partial charge in [0.05, 0.1) is 10.5 Å². The molecule has 1 unspecified atom stereocenters. The van der Waals surface area contributed by atoms with E-state index in [0.717, 1.165) is 57.1 Å². The van der Waals surface area contributed by atoms with Crippen LogP contribution >= 0.6 is 0 Å². The van der Waals surface area contributed by atoms with Gasteiger partial charge in [-0.05, 0) is 57.9 Å². The van der Waals surface area contributed by atoms with Gasteiger partial charge in [0.1, 0.15) is 6.10 Å². The van der Waals surface area contributed by atoms with Crippen molar-refractivity contribution < 1.29 is 19.0 Å². The number of allylic oxidation sites excluding steroid dienone is 3. The summed E-state index contributed by atoms with van der Waals surface area (Å²) in [5, 5.41) is 19.2. The van der Waals surface area contributed by atoms with Crippen LogP contribution in [-0.4, -0.2) is 27.1 Å². The van der Waals surface area contributed by atoms with Crippen molar-refractivity contribution in [3.63, 3.8) is 0 Å². The van der Waals surface area contributed by atoms with Crippen LogP contribution in [0.2, 0.25) is 0 Å². The third-order valence-electron chi connectivity index (χ3n) is 7.61. The van der Waals surface area contributed by atoms with Crippen LogP contribution < -0.4 is 5.32 Å². The van der Waals surface area contributed by atoms with Gasteiger partial charge in [-0.25, -0.2) is 4.79 Å². The molecule has 1 aromatic carbocycles. The van der Waals surface area contributed by atoms with Crippen LogP contribution in [0.1, 0.15) is 101 Å². The highest BCUT2D eigenvalue weighted by molar-refractivity contribution is 5.97. The lowest BCUT2D eigenvalue weighted by Crippen LogP contribution is -2.30. The molecule has 0 spiro atoms. The van der Waals surface area contributed by atoms with Gasteiger partial charge in [0.2, 0.25) is 11.7 Å². The molecule has 0 saturated heterocycles. The van der Waals surface area contributed by atoms with Crippen LogP contribution in [0.25, 0.3) is 5.57 Å². The number of nitro benzene ring substituents is 1. The maximum absolute atomic E-state index is 13.6. The number of nitrogens with one attached hydrogen (secondary N) is 1. The number of carbonyl (C=O) groups is 1. The maximum Gasteiger partial charge on any atom is 0.337 e. The molecular weight excluding hydrogens is 460 g/mol. The molecule has 3 aliphatic rings. The molecule has 0 bridgehead atoms. The third kappa shape index (κ3) is 4.79. The zero-order valence-corrected chi connectivity index (χ0v) is 20.8. The number of aromatic nitrogens is 2. The predicted molar refractivity (Wildman–Crippen MR) is 133 cm³/mol. The minimum Gasteiger partial charge on any atom is -0.459 e. The Balaban J connectivity index is 1.57. The Morgan fingerprint density at radius 1 is 1.08 bits per heavy atom. The number of benzene rings is 1. The lowest BCUT2D eigenvalue weighted by Gasteiger charge is -2.30. The second-order valence-corrected chi connectivity index (χ2v) is 10.1. The number of non-ortho nitro benzene ring substituents is 1. The number of rotatable bonds is 6. The van der Waals surface area contributed by atoms with Gasteiger partial charge in [-0.3, -0.25) is 10.1 Å². The molecule has 0 radical (unpaired) electrons. The molecule has 36 heavy (non-hydrogen) atoms. The average Bonchev–Trinajstić information content (AvgIpc) is 3.56. The van der Waals surface area contributed by atoms with E-state index >= 15 is 0 Å². The third-order valence-corrected chi connectivity index (χ3v) is 7.61. The van der Waals surface area contributed by atoms with Crippen LogP contribution in [0.15, 0.2) is 45.8 Å². The van der Waals surface area contributed by atoms with Gasteiger partial charge in [0.15, 0.2) is 0 Å². The molecule has 2 saturated carbocycles. The Bertz CT molecular complexity index is 1220. The number of nitro groups is 1. The summed E-state index contributed by atoms with van der Waals surface area (Å²) in [7, 11) is 0. The van der Waals surface area contributed by atoms with Crippen LogP contribution in [0.5, 0.6) is 0 Å². The number of dihydropyridines is 1. The molecule has 5 rings (SSSR count). The molecule has 0 amide bonds. The Kier molecular flexibility index (Phi) is 6.89. The molecule has 1 atom stereocenters. The highest BCUT2D eigenvalue weighted by atomic mass is 16.6. The lowest BCUT2D eigenvalue weighted by molar-refractivity contribution is -0.384. The van der Waals surface area contributed by atoms with Gasteiger partial charge >= 0.3 is 5.97 Å². The minimum absolute atomic E-state index is 0.0415. The fourth-order valence-electron chi connectivity index (χ4n) is 5.79. The zero-order chi connectivity index (χ0) is 25.2. The number of esters is 1. The van der Waals surface area contributed by atoms with Gasteiger partial charge in [-0.2, -0.15) is 4.98 Å². The maximum atomic E-state index is 13.6. The van der Waals surface area contributed by atoms with Crippen molar-refractivity contribution >= 4 is 17.2 Å². The van der Waals surface area contributed by atoms with Crippen molar-refractivity contribution in [2.24, 2.45) is 0 Å². The predicted octanol–water partition coefficient (Wildman–Crippen LogP) is 5.90. The molecule has 190 valence electrons. The van der Waals surface area contributed by atoms with Gasteiger partial charge in [-0.1, -0.05) is 36.6 Å². The van der Waals surface area contributed by atoms with Crippen molar-refractivity contribution in [1.82, 2.24) is 15.5 Å². The fourth-order valence-corrected chi connectivity index (χ4v) is 5.79. The summed E-state index contributed by atoms with van der Waals surface area (Å²) in [6.45, 7) is 3.73. The van der Waals surface area contributed by atoms with E-state index in [-0.39, 0.29) is 17.7 Å². The lowest BCUT2D eigenvalue weighted by atomic mass is 9.80. The molecule has 2 heterocycles. The summed E-state index contributed by atoms with van der Waals surface area (Å²) in [6, 6.07) is 6.40. The zero-order valence-electron chi connectivity index (χ0n) is 20.8. The van der Waals surface area contributed by atoms with Crippen LogP contribution in [0.4, 0.5) is 5.69 Å². The number of ether oxygens (including phenoxy) is 1. The first-order valence-corrected chi connectivity index (χ1v) is 12.9. The van der Waals surface area contributed by atoms with E-state index in [1.54, 1.807) is 12.1 Å². The Morgan fingerprint density at radius 2 is 1.81 bits per heavy atom. The summed E-state index contributed by atoms with van der Waals surface area (Å²) in [5.74, 6) is 0.207. The minimum atomic E-state index is -0.628. The molecule has 2 fully saturated rings. The van der Waals surface area contributed by atoms with Crippen molar-refractivity contribution in [1.29, 1.82) is 0 Å². The van der Waals surface area contributed by atoms with Gasteiger partial charge < -0.3 is 14.6 Å². The molecule has 2 aliphatic carbocycles. The first kappa shape index (κ1) is 24.2. The first-order valence-electron chi connectivity index (χ1n) is 12.9. The van der Waals surface area contributed by atoms with E-state index in [1.165, 1.54) is 18.6 Å². The molecule has 1 aliphatic heterocycles. The van der Waals surface area contributed by atoms with E-state index < -0.39 is 16.8 Å². The van der Waals surface area contributed by atoms with Gasteiger partial charge in [0.25, 0.3) is 5.69 Å². The van der Waals surface area contributed by atoms with Gasteiger partial charge in [0, 0.05) is 40.9 Å². The summed E-state index contributed by atoms with van der Waals surface area (Å²) >= 11 is 0. The van der Waals surface area contributed by atoms with Crippen LogP contribution in [-0.2, 0) is 9.53 Å². The quantitative estimate of drug-likeness (QED) is 0.300. The topological polar surface area (TPSA) is 120 Å². The summed E-state index contributed by atoms with van der Waals surface area (Å²) in [5.41, 5.74) is 3.10. The Hall–Kier alpha value is -3.49. The highest BCUT2D eigenvalue weighted by Gasteiger charge is 2.38. The molecule has 1 N–H and O–H groups in total. The van der Waals surface area contributed by atoms with E-state index in [4.69, 9.17) is 14.2 Å². The highest BCUT2D eigenvalue weighted by Crippen LogP contribution is 2.44. The second-order valence-electron chi connectivity index (χ2n) is 10.1. The van der Waals surface area contributed by atoms with Crippen molar-refractivity contribution in [2.45, 2.75) is 89.6 Å². The molecule has 9 heteroatoms. The molecule has 9 nitrogen and oxygen atoms in total. The second kappa shape index (κ2) is 10.2. The molecule has 2 aromatic rings. The van der Waals surface area contributed by atoms with Crippen molar-refractivity contribution in [3.8, 4) is 0 Å². The monoisotopic (exact) mass is 492 g/mol. The molecule has 1 aromatic heterocycles. The Morgan fingerprint density at radius 3 is 2.53 bits per heavy atom. The Labute approximate surface area is 210 Å². The normalized spacial score (nSPS) is 21.6. The molecular formula is C27H32N4O5. The van der Waals surface area contributed by atoms with Crippen molar-refractivity contribution in [2.75, 3.05) is 0 Å². The smallest absolute Gasteiger partial charge is 0.337 e. The standard InChI is InChI=1S/C27H32N4O5/c1-16-22(25-29-26(36-30-25)18-9-4-3-5-10-18)24(19-11-8-12-20(15-19)31(33)34)23(17(2)28-16)27(32)35-21-13-6-7-14-21/h8,11-12,15,18,21,24,28H,3-7,9-10,13-14H2,1-2H3. The van der Waals surface area contributed by atoms with Crippen LogP contribution in [0.3, 0.4) is 0 Å².